The zero-order chi connectivity index (χ0) is 13.0. The number of rotatable bonds is 5. The summed E-state index contributed by atoms with van der Waals surface area (Å²) >= 11 is 3.50. The highest BCUT2D eigenvalue weighted by Crippen LogP contribution is 2.25. The van der Waals surface area contributed by atoms with Gasteiger partial charge in [-0.1, -0.05) is 22.0 Å². The van der Waals surface area contributed by atoms with Crippen LogP contribution in [0.2, 0.25) is 0 Å². The molecule has 0 spiro atoms. The lowest BCUT2D eigenvalue weighted by Gasteiger charge is -2.26. The van der Waals surface area contributed by atoms with E-state index < -0.39 is 0 Å². The summed E-state index contributed by atoms with van der Waals surface area (Å²) in [7, 11) is 0. The van der Waals surface area contributed by atoms with Crippen molar-refractivity contribution in [1.29, 1.82) is 0 Å². The Kier molecular flexibility index (Phi) is 5.03. The SMILES string of the molecule is CCN(CC1CCCO1)c1ccc(CO)c(Br)c1. The molecule has 1 unspecified atom stereocenters. The van der Waals surface area contributed by atoms with Crippen LogP contribution in [0.1, 0.15) is 25.3 Å². The molecule has 1 saturated heterocycles. The summed E-state index contributed by atoms with van der Waals surface area (Å²) in [5.74, 6) is 0. The molecule has 4 heteroatoms. The Balaban J connectivity index is 2.08. The number of benzene rings is 1. The number of likely N-dealkylation sites (N-methyl/N-ethyl adjacent to an activating group) is 1. The quantitative estimate of drug-likeness (QED) is 0.907. The molecule has 1 aliphatic rings. The smallest absolute Gasteiger partial charge is 0.0750 e. The van der Waals surface area contributed by atoms with Gasteiger partial charge in [0, 0.05) is 29.9 Å². The number of nitrogens with zero attached hydrogens (tertiary/aromatic N) is 1. The standard InChI is InChI=1S/C14H20BrNO2/c1-2-16(9-13-4-3-7-18-13)12-6-5-11(10-17)14(15)8-12/h5-6,8,13,17H,2-4,7,9-10H2,1H3. The van der Waals surface area contributed by atoms with Gasteiger partial charge in [0.25, 0.3) is 0 Å². The van der Waals surface area contributed by atoms with E-state index in [1.807, 2.05) is 6.07 Å². The predicted molar refractivity (Wildman–Crippen MR) is 76.9 cm³/mol. The number of anilines is 1. The number of aliphatic hydroxyl groups is 1. The summed E-state index contributed by atoms with van der Waals surface area (Å²) in [5, 5.41) is 9.17. The number of halogens is 1. The van der Waals surface area contributed by atoms with Crippen LogP contribution < -0.4 is 4.90 Å². The van der Waals surface area contributed by atoms with Crippen LogP contribution in [-0.4, -0.2) is 30.9 Å². The topological polar surface area (TPSA) is 32.7 Å². The number of ether oxygens (including phenoxy) is 1. The molecular weight excluding hydrogens is 294 g/mol. The van der Waals surface area contributed by atoms with Crippen LogP contribution in [0.3, 0.4) is 0 Å². The van der Waals surface area contributed by atoms with Crippen molar-refractivity contribution in [3.8, 4) is 0 Å². The van der Waals surface area contributed by atoms with Crippen LogP contribution in [0.25, 0.3) is 0 Å². The second kappa shape index (κ2) is 6.55. The Morgan fingerprint density at radius 1 is 1.50 bits per heavy atom. The summed E-state index contributed by atoms with van der Waals surface area (Å²) in [6, 6.07) is 6.11. The summed E-state index contributed by atoms with van der Waals surface area (Å²) in [4.78, 5) is 2.32. The van der Waals surface area contributed by atoms with Crippen molar-refractivity contribution >= 4 is 21.6 Å². The second-order valence-electron chi connectivity index (χ2n) is 4.61. The highest BCUT2D eigenvalue weighted by molar-refractivity contribution is 9.10. The molecule has 1 atom stereocenters. The Bertz CT molecular complexity index is 391. The maximum Gasteiger partial charge on any atom is 0.0750 e. The Labute approximate surface area is 117 Å². The lowest BCUT2D eigenvalue weighted by molar-refractivity contribution is 0.115. The highest BCUT2D eigenvalue weighted by atomic mass is 79.9. The third kappa shape index (κ3) is 3.25. The number of aliphatic hydroxyl groups excluding tert-OH is 1. The maximum absolute atomic E-state index is 9.17. The summed E-state index contributed by atoms with van der Waals surface area (Å²) in [6.07, 6.45) is 2.70. The first-order valence-corrected chi connectivity index (χ1v) is 7.29. The van der Waals surface area contributed by atoms with Gasteiger partial charge in [-0.3, -0.25) is 0 Å². The molecule has 0 bridgehead atoms. The Morgan fingerprint density at radius 2 is 2.33 bits per heavy atom. The normalized spacial score (nSPS) is 19.2. The lowest BCUT2D eigenvalue weighted by Crippen LogP contribution is -2.32. The fourth-order valence-corrected chi connectivity index (χ4v) is 2.80. The molecule has 1 aromatic carbocycles. The molecule has 1 heterocycles. The van der Waals surface area contributed by atoms with Gasteiger partial charge in [0.15, 0.2) is 0 Å². The van der Waals surface area contributed by atoms with Crippen molar-refractivity contribution in [3.05, 3.63) is 28.2 Å². The van der Waals surface area contributed by atoms with E-state index >= 15 is 0 Å². The van der Waals surface area contributed by atoms with E-state index in [9.17, 15) is 5.11 Å². The van der Waals surface area contributed by atoms with Gasteiger partial charge in [-0.25, -0.2) is 0 Å². The molecule has 1 aromatic rings. The van der Waals surface area contributed by atoms with Gasteiger partial charge in [-0.15, -0.1) is 0 Å². The van der Waals surface area contributed by atoms with Gasteiger partial charge in [0.2, 0.25) is 0 Å². The molecule has 0 amide bonds. The zero-order valence-electron chi connectivity index (χ0n) is 10.7. The van der Waals surface area contributed by atoms with E-state index in [2.05, 4.69) is 39.9 Å². The first kappa shape index (κ1) is 13.8. The predicted octanol–water partition coefficient (Wildman–Crippen LogP) is 2.95. The molecular formula is C14H20BrNO2. The lowest BCUT2D eigenvalue weighted by atomic mass is 10.1. The third-order valence-corrected chi connectivity index (χ3v) is 4.14. The van der Waals surface area contributed by atoms with Crippen LogP contribution in [0, 0.1) is 0 Å². The zero-order valence-corrected chi connectivity index (χ0v) is 12.3. The van der Waals surface area contributed by atoms with Crippen molar-refractivity contribution in [3.63, 3.8) is 0 Å². The molecule has 3 nitrogen and oxygen atoms in total. The monoisotopic (exact) mass is 313 g/mol. The van der Waals surface area contributed by atoms with Gasteiger partial charge < -0.3 is 14.7 Å². The molecule has 1 aliphatic heterocycles. The minimum atomic E-state index is 0.0682. The summed E-state index contributed by atoms with van der Waals surface area (Å²) in [6.45, 7) is 5.03. The van der Waals surface area contributed by atoms with Crippen LogP contribution in [0.4, 0.5) is 5.69 Å². The van der Waals surface area contributed by atoms with E-state index in [1.54, 1.807) is 0 Å². The van der Waals surface area contributed by atoms with Crippen molar-refractivity contribution in [2.24, 2.45) is 0 Å². The molecule has 0 aromatic heterocycles. The summed E-state index contributed by atoms with van der Waals surface area (Å²) in [5.41, 5.74) is 2.10. The number of hydrogen-bond acceptors (Lipinski definition) is 3. The molecule has 0 saturated carbocycles. The number of hydrogen-bond donors (Lipinski definition) is 1. The maximum atomic E-state index is 9.17. The van der Waals surface area contributed by atoms with E-state index in [1.165, 1.54) is 12.1 Å². The second-order valence-corrected chi connectivity index (χ2v) is 5.46. The van der Waals surface area contributed by atoms with Crippen LogP contribution in [-0.2, 0) is 11.3 Å². The van der Waals surface area contributed by atoms with Crippen LogP contribution in [0.5, 0.6) is 0 Å². The Morgan fingerprint density at radius 3 is 2.89 bits per heavy atom. The van der Waals surface area contributed by atoms with Gasteiger partial charge in [0.1, 0.15) is 0 Å². The molecule has 1 N–H and O–H groups in total. The minimum absolute atomic E-state index is 0.0682. The van der Waals surface area contributed by atoms with Crippen molar-refractivity contribution in [2.45, 2.75) is 32.5 Å². The molecule has 2 rings (SSSR count). The first-order chi connectivity index (χ1) is 8.74. The third-order valence-electron chi connectivity index (χ3n) is 3.40. The van der Waals surface area contributed by atoms with Gasteiger partial charge in [-0.05, 0) is 37.5 Å². The molecule has 0 radical (unpaired) electrons. The largest absolute Gasteiger partial charge is 0.392 e. The van der Waals surface area contributed by atoms with Crippen LogP contribution >= 0.6 is 15.9 Å². The van der Waals surface area contributed by atoms with Crippen molar-refractivity contribution < 1.29 is 9.84 Å². The fourth-order valence-electron chi connectivity index (χ4n) is 2.31. The van der Waals surface area contributed by atoms with Gasteiger partial charge in [-0.2, -0.15) is 0 Å². The highest BCUT2D eigenvalue weighted by Gasteiger charge is 2.19. The molecule has 18 heavy (non-hydrogen) atoms. The van der Waals surface area contributed by atoms with Crippen LogP contribution in [0.15, 0.2) is 22.7 Å². The van der Waals surface area contributed by atoms with Gasteiger partial charge in [0.05, 0.1) is 12.7 Å². The first-order valence-electron chi connectivity index (χ1n) is 6.50. The van der Waals surface area contributed by atoms with E-state index in [-0.39, 0.29) is 6.61 Å². The molecule has 1 fully saturated rings. The average Bonchev–Trinajstić information content (AvgIpc) is 2.88. The van der Waals surface area contributed by atoms with Crippen molar-refractivity contribution in [2.75, 3.05) is 24.6 Å². The average molecular weight is 314 g/mol. The fraction of sp³-hybridized carbons (Fsp3) is 0.571. The molecule has 0 aliphatic carbocycles. The van der Waals surface area contributed by atoms with E-state index in [0.717, 1.165) is 36.2 Å². The Hall–Kier alpha value is -0.580. The van der Waals surface area contributed by atoms with Gasteiger partial charge >= 0.3 is 0 Å². The molecule has 100 valence electrons. The van der Waals surface area contributed by atoms with E-state index in [4.69, 9.17) is 4.74 Å². The minimum Gasteiger partial charge on any atom is -0.392 e. The van der Waals surface area contributed by atoms with E-state index in [0.29, 0.717) is 6.10 Å². The summed E-state index contributed by atoms with van der Waals surface area (Å²) < 4.78 is 6.65. The van der Waals surface area contributed by atoms with Crippen molar-refractivity contribution in [1.82, 2.24) is 0 Å².